The lowest BCUT2D eigenvalue weighted by molar-refractivity contribution is -0.257. The molecule has 1 saturated heterocycles. The van der Waals surface area contributed by atoms with Gasteiger partial charge in [0.1, 0.15) is 4.32 Å². The second-order valence-electron chi connectivity index (χ2n) is 4.83. The Hall–Kier alpha value is 0.430. The van der Waals surface area contributed by atoms with Gasteiger partial charge in [0.25, 0.3) is 5.79 Å². The third kappa shape index (κ3) is 0.914. The predicted molar refractivity (Wildman–Crippen MR) is 65.2 cm³/mol. The number of fused-ring (bicyclic) bond motifs is 1. The lowest BCUT2D eigenvalue weighted by Crippen LogP contribution is -2.59. The van der Waals surface area contributed by atoms with Crippen molar-refractivity contribution in [3.8, 4) is 0 Å². The fraction of sp³-hybridized carbons (Fsp3) is 0.900. The molecule has 0 spiro atoms. The molecule has 1 unspecified atom stereocenters. The molecule has 18 heavy (non-hydrogen) atoms. The summed E-state index contributed by atoms with van der Waals surface area (Å²) in [5.74, 6) is -4.76. The molecular weight excluding hydrogens is 376 g/mol. The minimum atomic E-state index is -2.18. The van der Waals surface area contributed by atoms with E-state index in [0.29, 0.717) is 0 Å². The van der Waals surface area contributed by atoms with Gasteiger partial charge in [0.05, 0.1) is 0 Å². The third-order valence-electron chi connectivity index (χ3n) is 4.38. The molecule has 1 aliphatic heterocycles. The molecule has 0 aromatic carbocycles. The first kappa shape index (κ1) is 13.4. The summed E-state index contributed by atoms with van der Waals surface area (Å²) in [5.41, 5.74) is 0. The second-order valence-corrected chi connectivity index (χ2v) is 7.43. The normalized spacial score (nSPS) is 56.4. The van der Waals surface area contributed by atoms with E-state index in [1.807, 2.05) is 0 Å². The molecule has 1 heterocycles. The lowest BCUT2D eigenvalue weighted by atomic mass is 9.85. The van der Waals surface area contributed by atoms with Crippen molar-refractivity contribution in [3.63, 3.8) is 0 Å². The molecule has 3 aliphatic rings. The third-order valence-corrected chi connectivity index (χ3v) is 7.24. The Bertz CT molecular complexity index is 440. The lowest BCUT2D eigenvalue weighted by Gasteiger charge is -2.40. The zero-order valence-electron chi connectivity index (χ0n) is 9.65. The zero-order chi connectivity index (χ0) is 13.6. The van der Waals surface area contributed by atoms with E-state index in [1.54, 1.807) is 0 Å². The van der Waals surface area contributed by atoms with Crippen molar-refractivity contribution in [1.29, 1.82) is 0 Å². The van der Waals surface area contributed by atoms with Gasteiger partial charge < -0.3 is 24.4 Å². The average molecular weight is 388 g/mol. The molecule has 5 atom stereocenters. The number of Topliss-reactive ketones (excluding diaryl/α,β-unsaturated/α-hetero) is 1. The van der Waals surface area contributed by atoms with Crippen LogP contribution in [0, 0.1) is 5.92 Å². The first-order chi connectivity index (χ1) is 8.25. The summed E-state index contributed by atoms with van der Waals surface area (Å²) >= 11 is 6.69. The van der Waals surface area contributed by atoms with Crippen LogP contribution >= 0.6 is 31.9 Å². The van der Waals surface area contributed by atoms with E-state index in [2.05, 4.69) is 31.9 Å². The van der Waals surface area contributed by atoms with E-state index >= 15 is 0 Å². The Labute approximate surface area is 120 Å². The van der Waals surface area contributed by atoms with Gasteiger partial charge in [-0.15, -0.1) is 0 Å². The molecule has 8 heteroatoms. The summed E-state index contributed by atoms with van der Waals surface area (Å²) in [7, 11) is 2.77. The number of hydrogen-bond donors (Lipinski definition) is 2. The standard InChI is InChI=1S/C10H12Br2O6/c1-16-10(17-2)7(11)3-4-5(13)18-9(15,6(7)14)8(4,10)12/h4-5,13,15H,3H2,1-2H3/t4-,5?,7-,8+,9-/m1/s1. The number of carbonyl (C=O) groups excluding carboxylic acids is 1. The molecule has 3 fully saturated rings. The van der Waals surface area contributed by atoms with E-state index in [-0.39, 0.29) is 6.42 Å². The van der Waals surface area contributed by atoms with Gasteiger partial charge in [0.15, 0.2) is 10.6 Å². The first-order valence-electron chi connectivity index (χ1n) is 5.36. The highest BCUT2D eigenvalue weighted by molar-refractivity contribution is 9.11. The quantitative estimate of drug-likeness (QED) is 0.507. The van der Waals surface area contributed by atoms with Crippen LogP contribution in [0.1, 0.15) is 6.42 Å². The maximum atomic E-state index is 12.4. The summed E-state index contributed by atoms with van der Waals surface area (Å²) in [6, 6.07) is 0. The molecule has 2 aliphatic carbocycles. The highest BCUT2D eigenvalue weighted by atomic mass is 79.9. The summed E-state index contributed by atoms with van der Waals surface area (Å²) in [6.45, 7) is 0. The van der Waals surface area contributed by atoms with Crippen molar-refractivity contribution in [1.82, 2.24) is 0 Å². The minimum Gasteiger partial charge on any atom is -0.368 e. The second kappa shape index (κ2) is 3.36. The van der Waals surface area contributed by atoms with Crippen LogP contribution in [-0.4, -0.2) is 56.7 Å². The van der Waals surface area contributed by atoms with Gasteiger partial charge in [-0.05, 0) is 6.42 Å². The predicted octanol–water partition coefficient (Wildman–Crippen LogP) is -0.117. The molecule has 2 bridgehead atoms. The Morgan fingerprint density at radius 3 is 2.39 bits per heavy atom. The Morgan fingerprint density at radius 1 is 1.39 bits per heavy atom. The molecule has 6 nitrogen and oxygen atoms in total. The number of aliphatic hydroxyl groups is 2. The summed E-state index contributed by atoms with van der Waals surface area (Å²) in [4.78, 5) is 12.4. The minimum absolute atomic E-state index is 0.238. The van der Waals surface area contributed by atoms with Gasteiger partial charge >= 0.3 is 0 Å². The van der Waals surface area contributed by atoms with Gasteiger partial charge in [0, 0.05) is 20.1 Å². The number of ketones is 1. The molecule has 2 N–H and O–H groups in total. The van der Waals surface area contributed by atoms with Gasteiger partial charge in [-0.2, -0.15) is 0 Å². The molecule has 0 aromatic rings. The van der Waals surface area contributed by atoms with E-state index in [4.69, 9.17) is 14.2 Å². The van der Waals surface area contributed by atoms with Crippen molar-refractivity contribution in [2.24, 2.45) is 5.92 Å². The van der Waals surface area contributed by atoms with Crippen LogP contribution in [-0.2, 0) is 19.0 Å². The Balaban J connectivity index is 2.32. The number of hydrogen-bond acceptors (Lipinski definition) is 6. The maximum absolute atomic E-state index is 12.4. The maximum Gasteiger partial charge on any atom is 0.252 e. The number of rotatable bonds is 2. The summed E-state index contributed by atoms with van der Waals surface area (Å²) in [6.07, 6.45) is -1.02. The van der Waals surface area contributed by atoms with Crippen molar-refractivity contribution in [2.75, 3.05) is 14.2 Å². The topological polar surface area (TPSA) is 85.2 Å². The van der Waals surface area contributed by atoms with Crippen LogP contribution in [0.2, 0.25) is 0 Å². The van der Waals surface area contributed by atoms with Crippen molar-refractivity contribution < 1.29 is 29.2 Å². The van der Waals surface area contributed by atoms with Crippen molar-refractivity contribution >= 4 is 37.6 Å². The Morgan fingerprint density at radius 2 is 1.94 bits per heavy atom. The number of halogens is 2. The van der Waals surface area contributed by atoms with Crippen LogP contribution in [0.3, 0.4) is 0 Å². The molecule has 2 saturated carbocycles. The smallest absolute Gasteiger partial charge is 0.252 e. The van der Waals surface area contributed by atoms with Gasteiger partial charge in [0.2, 0.25) is 11.6 Å². The van der Waals surface area contributed by atoms with Crippen LogP contribution in [0.25, 0.3) is 0 Å². The number of ether oxygens (including phenoxy) is 3. The number of carbonyl (C=O) groups is 1. The van der Waals surface area contributed by atoms with Crippen molar-refractivity contribution in [2.45, 2.75) is 32.9 Å². The molecule has 0 aromatic heterocycles. The number of alkyl halides is 2. The molecule has 102 valence electrons. The van der Waals surface area contributed by atoms with Crippen LogP contribution in [0.4, 0.5) is 0 Å². The van der Waals surface area contributed by atoms with Crippen LogP contribution in [0.5, 0.6) is 0 Å². The summed E-state index contributed by atoms with van der Waals surface area (Å²) < 4.78 is 13.3. The van der Waals surface area contributed by atoms with E-state index in [9.17, 15) is 15.0 Å². The van der Waals surface area contributed by atoms with Gasteiger partial charge in [-0.1, -0.05) is 31.9 Å². The van der Waals surface area contributed by atoms with Crippen LogP contribution < -0.4 is 0 Å². The summed E-state index contributed by atoms with van der Waals surface area (Å²) in [5, 5.41) is 20.4. The van der Waals surface area contributed by atoms with Gasteiger partial charge in [-0.3, -0.25) is 4.79 Å². The highest BCUT2D eigenvalue weighted by Gasteiger charge is 2.94. The molecule has 0 amide bonds. The first-order valence-corrected chi connectivity index (χ1v) is 6.95. The SMILES string of the molecule is COC1(OC)[C@@]2(Br)C[C@@H]3C(O)O[C@](O)(C2=O)[C@@]31Br. The van der Waals surface area contributed by atoms with Gasteiger partial charge in [-0.25, -0.2) is 0 Å². The Kier molecular flexibility index (Phi) is 2.50. The molecule has 3 rings (SSSR count). The van der Waals surface area contributed by atoms with E-state index in [1.165, 1.54) is 14.2 Å². The monoisotopic (exact) mass is 386 g/mol. The number of methoxy groups -OCH3 is 2. The van der Waals surface area contributed by atoms with E-state index < -0.39 is 38.2 Å². The number of aliphatic hydroxyl groups excluding tert-OH is 1. The largest absolute Gasteiger partial charge is 0.368 e. The van der Waals surface area contributed by atoms with E-state index in [0.717, 1.165) is 0 Å². The highest BCUT2D eigenvalue weighted by Crippen LogP contribution is 2.75. The molecular formula is C10H12Br2O6. The fourth-order valence-corrected chi connectivity index (χ4v) is 6.50. The van der Waals surface area contributed by atoms with Crippen molar-refractivity contribution in [3.05, 3.63) is 0 Å². The van der Waals surface area contributed by atoms with Crippen LogP contribution in [0.15, 0.2) is 0 Å². The molecule has 0 radical (unpaired) electrons. The average Bonchev–Trinajstić information content (AvgIpc) is 2.66. The fourth-order valence-electron chi connectivity index (χ4n) is 3.66. The zero-order valence-corrected chi connectivity index (χ0v) is 12.8.